The number of rotatable bonds is 5. The molecule has 2 aromatic carbocycles. The van der Waals surface area contributed by atoms with Crippen molar-refractivity contribution in [2.45, 2.75) is 19.0 Å². The summed E-state index contributed by atoms with van der Waals surface area (Å²) in [6, 6.07) is 14.0. The smallest absolute Gasteiger partial charge is 0.416 e. The van der Waals surface area contributed by atoms with Gasteiger partial charge in [0.2, 0.25) is 5.91 Å². The lowest BCUT2D eigenvalue weighted by molar-refractivity contribution is -0.137. The summed E-state index contributed by atoms with van der Waals surface area (Å²) >= 11 is 0. The van der Waals surface area contributed by atoms with Crippen molar-refractivity contribution in [1.82, 2.24) is 9.97 Å². The molecule has 2 heterocycles. The third-order valence-corrected chi connectivity index (χ3v) is 5.71. The summed E-state index contributed by atoms with van der Waals surface area (Å²) in [6.07, 6.45) is -1.63. The summed E-state index contributed by atoms with van der Waals surface area (Å²) in [5, 5.41) is 2.72. The maximum atomic E-state index is 12.7. The Kier molecular flexibility index (Phi) is 6.48. The largest absolute Gasteiger partial charge is 0.497 e. The Balaban J connectivity index is 1.35. The average Bonchev–Trinajstić information content (AvgIpc) is 2.84. The number of nitrogens with one attached hydrogen (secondary N) is 1. The Labute approximate surface area is 189 Å². The number of alkyl halides is 3. The number of benzene rings is 2. The molecule has 33 heavy (non-hydrogen) atoms. The number of nitrogens with zero attached hydrogens (tertiary/aromatic N) is 3. The molecule has 0 aliphatic carbocycles. The van der Waals surface area contributed by atoms with E-state index in [2.05, 4.69) is 20.2 Å². The number of amides is 1. The zero-order chi connectivity index (χ0) is 23.4. The van der Waals surface area contributed by atoms with Crippen LogP contribution in [-0.2, 0) is 11.0 Å². The van der Waals surface area contributed by atoms with Crippen LogP contribution in [0.1, 0.15) is 18.4 Å². The fourth-order valence-electron chi connectivity index (χ4n) is 3.80. The summed E-state index contributed by atoms with van der Waals surface area (Å²) < 4.78 is 43.3. The summed E-state index contributed by atoms with van der Waals surface area (Å²) in [6.45, 7) is 1.29. The van der Waals surface area contributed by atoms with Crippen LogP contribution >= 0.6 is 0 Å². The molecule has 6 nitrogen and oxygen atoms in total. The van der Waals surface area contributed by atoms with Crippen LogP contribution in [0.3, 0.4) is 0 Å². The molecule has 1 fully saturated rings. The molecular formula is C24H23F3N4O2. The topological polar surface area (TPSA) is 67.3 Å². The summed E-state index contributed by atoms with van der Waals surface area (Å²) in [5.41, 5.74) is 1.36. The van der Waals surface area contributed by atoms with Gasteiger partial charge in [0, 0.05) is 36.3 Å². The fourth-order valence-corrected chi connectivity index (χ4v) is 3.80. The maximum absolute atomic E-state index is 12.7. The highest BCUT2D eigenvalue weighted by atomic mass is 19.4. The van der Waals surface area contributed by atoms with Crippen molar-refractivity contribution < 1.29 is 22.7 Å². The van der Waals surface area contributed by atoms with E-state index in [0.717, 1.165) is 35.0 Å². The monoisotopic (exact) mass is 456 g/mol. The second kappa shape index (κ2) is 9.48. The minimum absolute atomic E-state index is 0.184. The molecule has 1 saturated heterocycles. The third kappa shape index (κ3) is 5.42. The van der Waals surface area contributed by atoms with E-state index in [1.54, 1.807) is 7.11 Å². The Morgan fingerprint density at radius 1 is 1.03 bits per heavy atom. The van der Waals surface area contributed by atoms with E-state index >= 15 is 0 Å². The first-order valence-electron chi connectivity index (χ1n) is 10.5. The molecule has 0 bridgehead atoms. The van der Waals surface area contributed by atoms with Crippen LogP contribution < -0.4 is 15.0 Å². The minimum atomic E-state index is -4.40. The average molecular weight is 456 g/mol. The molecular weight excluding hydrogens is 433 g/mol. The lowest BCUT2D eigenvalue weighted by atomic mass is 9.95. The van der Waals surface area contributed by atoms with Crippen LogP contribution in [0.25, 0.3) is 11.3 Å². The van der Waals surface area contributed by atoms with Crippen molar-refractivity contribution in [2.75, 3.05) is 30.4 Å². The molecule has 1 aliphatic heterocycles. The van der Waals surface area contributed by atoms with Gasteiger partial charge >= 0.3 is 6.18 Å². The van der Waals surface area contributed by atoms with E-state index in [0.29, 0.717) is 31.6 Å². The molecule has 3 aromatic rings. The van der Waals surface area contributed by atoms with Gasteiger partial charge in [-0.05, 0) is 61.4 Å². The molecule has 1 aliphatic rings. The van der Waals surface area contributed by atoms with Gasteiger partial charge in [0.25, 0.3) is 0 Å². The molecule has 0 atom stereocenters. The normalized spacial score (nSPS) is 14.7. The van der Waals surface area contributed by atoms with Crippen LogP contribution in [0.2, 0.25) is 0 Å². The number of halogens is 3. The molecule has 1 aromatic heterocycles. The number of carbonyl (C=O) groups excluding carboxylic acids is 1. The molecule has 172 valence electrons. The van der Waals surface area contributed by atoms with Crippen LogP contribution in [-0.4, -0.2) is 36.1 Å². The molecule has 9 heteroatoms. The van der Waals surface area contributed by atoms with Crippen LogP contribution in [0.15, 0.2) is 60.9 Å². The van der Waals surface area contributed by atoms with E-state index < -0.39 is 11.7 Å². The number of carbonyl (C=O) groups is 1. The fraction of sp³-hybridized carbons (Fsp3) is 0.292. The first-order chi connectivity index (χ1) is 15.8. The van der Waals surface area contributed by atoms with Crippen molar-refractivity contribution in [3.63, 3.8) is 0 Å². The molecule has 1 amide bonds. The zero-order valence-corrected chi connectivity index (χ0v) is 18.0. The van der Waals surface area contributed by atoms with Crippen LogP contribution in [0.5, 0.6) is 5.75 Å². The Bertz CT molecular complexity index is 1090. The van der Waals surface area contributed by atoms with Gasteiger partial charge in [-0.2, -0.15) is 13.2 Å². The summed E-state index contributed by atoms with van der Waals surface area (Å²) in [7, 11) is 1.62. The van der Waals surface area contributed by atoms with Crippen molar-refractivity contribution in [1.29, 1.82) is 0 Å². The third-order valence-electron chi connectivity index (χ3n) is 5.71. The first kappa shape index (κ1) is 22.6. The number of anilines is 2. The van der Waals surface area contributed by atoms with Crippen molar-refractivity contribution in [3.8, 4) is 17.0 Å². The van der Waals surface area contributed by atoms with Crippen LogP contribution in [0.4, 0.5) is 24.7 Å². The van der Waals surface area contributed by atoms with Gasteiger partial charge in [-0.25, -0.2) is 9.97 Å². The molecule has 0 saturated carbocycles. The predicted molar refractivity (Wildman–Crippen MR) is 119 cm³/mol. The van der Waals surface area contributed by atoms with Crippen molar-refractivity contribution in [3.05, 3.63) is 66.5 Å². The maximum Gasteiger partial charge on any atom is 0.416 e. The highest BCUT2D eigenvalue weighted by Crippen LogP contribution is 2.30. The number of hydrogen-bond acceptors (Lipinski definition) is 5. The minimum Gasteiger partial charge on any atom is -0.497 e. The van der Waals surface area contributed by atoms with E-state index in [-0.39, 0.29) is 11.8 Å². The highest BCUT2D eigenvalue weighted by molar-refractivity contribution is 5.92. The number of aromatic nitrogens is 2. The van der Waals surface area contributed by atoms with E-state index in [1.165, 1.54) is 18.5 Å². The van der Waals surface area contributed by atoms with E-state index in [1.807, 2.05) is 30.3 Å². The van der Waals surface area contributed by atoms with Gasteiger partial charge < -0.3 is 15.0 Å². The predicted octanol–water partition coefficient (Wildman–Crippen LogP) is 5.03. The van der Waals surface area contributed by atoms with E-state index in [4.69, 9.17) is 4.74 Å². The Hall–Kier alpha value is -3.62. The van der Waals surface area contributed by atoms with Gasteiger partial charge in [0.05, 0.1) is 18.4 Å². The highest BCUT2D eigenvalue weighted by Gasteiger charge is 2.30. The van der Waals surface area contributed by atoms with E-state index in [9.17, 15) is 18.0 Å². The quantitative estimate of drug-likeness (QED) is 0.584. The molecule has 4 rings (SSSR count). The van der Waals surface area contributed by atoms with Gasteiger partial charge in [-0.1, -0.05) is 0 Å². The number of ether oxygens (including phenoxy) is 1. The summed E-state index contributed by atoms with van der Waals surface area (Å²) in [4.78, 5) is 23.4. The second-order valence-electron chi connectivity index (χ2n) is 7.82. The Morgan fingerprint density at radius 2 is 1.70 bits per heavy atom. The lowest BCUT2D eigenvalue weighted by Crippen LogP contribution is -2.38. The number of piperidine rings is 1. The first-order valence-corrected chi connectivity index (χ1v) is 10.5. The Morgan fingerprint density at radius 3 is 2.30 bits per heavy atom. The zero-order valence-electron chi connectivity index (χ0n) is 18.0. The SMILES string of the molecule is COc1ccc(-c2cc(N3CCC(C(=O)Nc4ccc(C(F)(F)F)cc4)CC3)ncn2)cc1. The van der Waals surface area contributed by atoms with Crippen LogP contribution in [0, 0.1) is 5.92 Å². The molecule has 0 radical (unpaired) electrons. The molecule has 0 spiro atoms. The number of hydrogen-bond donors (Lipinski definition) is 1. The van der Waals surface area contributed by atoms with Gasteiger partial charge in [-0.15, -0.1) is 0 Å². The standard InChI is InChI=1S/C24H23F3N4O2/c1-33-20-8-2-16(3-9-20)21-14-22(29-15-28-21)31-12-10-17(11-13-31)23(32)30-19-6-4-18(5-7-19)24(25,26)27/h2-9,14-15,17H,10-13H2,1H3,(H,30,32). The lowest BCUT2D eigenvalue weighted by Gasteiger charge is -2.32. The van der Waals surface area contributed by atoms with Gasteiger partial charge in [-0.3, -0.25) is 4.79 Å². The van der Waals surface area contributed by atoms with Crippen molar-refractivity contribution >= 4 is 17.4 Å². The summed E-state index contributed by atoms with van der Waals surface area (Å²) in [5.74, 6) is 1.16. The molecule has 1 N–H and O–H groups in total. The molecule has 0 unspecified atom stereocenters. The van der Waals surface area contributed by atoms with Crippen molar-refractivity contribution in [2.24, 2.45) is 5.92 Å². The van der Waals surface area contributed by atoms with Gasteiger partial charge in [0.1, 0.15) is 17.9 Å². The van der Waals surface area contributed by atoms with Gasteiger partial charge in [0.15, 0.2) is 0 Å². The number of methoxy groups -OCH3 is 1. The second-order valence-corrected chi connectivity index (χ2v) is 7.82.